The fourth-order valence-corrected chi connectivity index (χ4v) is 1.19. The molecule has 0 spiro atoms. The Morgan fingerprint density at radius 3 is 2.79 bits per heavy atom. The molecule has 0 radical (unpaired) electrons. The number of hydrogen-bond acceptors (Lipinski definition) is 2. The normalized spacial score (nSPS) is 9.79. The van der Waals surface area contributed by atoms with Gasteiger partial charge in [0.2, 0.25) is 0 Å². The van der Waals surface area contributed by atoms with Crippen molar-refractivity contribution in [2.24, 2.45) is 0 Å². The highest BCUT2D eigenvalue weighted by atomic mass is 16.4. The van der Waals surface area contributed by atoms with Crippen LogP contribution >= 0.6 is 0 Å². The molecule has 0 aromatic carbocycles. The van der Waals surface area contributed by atoms with Gasteiger partial charge in [-0.1, -0.05) is 6.08 Å². The molecule has 1 rings (SSSR count). The number of hydrogen-bond donors (Lipinski definition) is 1. The van der Waals surface area contributed by atoms with Crippen LogP contribution in [0.1, 0.15) is 16.1 Å². The number of aromatic carboxylic acids is 1. The standard InChI is InChI=1S/C10H11NO3/c1-3-6-11-7(2)4-5-8(9(11)12)10(13)14/h3-5H,1,6H2,2H3,(H,13,14). The second-order valence-electron chi connectivity index (χ2n) is 2.90. The summed E-state index contributed by atoms with van der Waals surface area (Å²) in [6.45, 7) is 5.58. The van der Waals surface area contributed by atoms with Crippen LogP contribution in [0.3, 0.4) is 0 Å². The Balaban J connectivity index is 3.41. The molecule has 0 aliphatic carbocycles. The monoisotopic (exact) mass is 193 g/mol. The second-order valence-corrected chi connectivity index (χ2v) is 2.90. The molecule has 0 unspecified atom stereocenters. The molecule has 0 aliphatic rings. The van der Waals surface area contributed by atoms with Crippen molar-refractivity contribution < 1.29 is 9.90 Å². The number of aryl methyl sites for hydroxylation is 1. The van der Waals surface area contributed by atoms with Gasteiger partial charge in [-0.15, -0.1) is 6.58 Å². The van der Waals surface area contributed by atoms with Crippen LogP contribution < -0.4 is 5.56 Å². The van der Waals surface area contributed by atoms with E-state index in [1.165, 1.54) is 10.6 Å². The number of aromatic nitrogens is 1. The van der Waals surface area contributed by atoms with Crippen molar-refractivity contribution in [3.63, 3.8) is 0 Å². The molecular weight excluding hydrogens is 182 g/mol. The molecule has 0 saturated carbocycles. The van der Waals surface area contributed by atoms with Crippen molar-refractivity contribution in [1.29, 1.82) is 0 Å². The molecule has 14 heavy (non-hydrogen) atoms. The number of rotatable bonds is 3. The summed E-state index contributed by atoms with van der Waals surface area (Å²) in [5, 5.41) is 8.71. The Kier molecular flexibility index (Phi) is 2.86. The second kappa shape index (κ2) is 3.91. The minimum Gasteiger partial charge on any atom is -0.477 e. The Labute approximate surface area is 81.1 Å². The van der Waals surface area contributed by atoms with E-state index in [1.54, 1.807) is 19.1 Å². The largest absolute Gasteiger partial charge is 0.477 e. The van der Waals surface area contributed by atoms with Gasteiger partial charge in [0.15, 0.2) is 0 Å². The molecule has 0 fully saturated rings. The van der Waals surface area contributed by atoms with Gasteiger partial charge in [0.1, 0.15) is 5.56 Å². The average molecular weight is 193 g/mol. The van der Waals surface area contributed by atoms with E-state index in [-0.39, 0.29) is 5.56 Å². The van der Waals surface area contributed by atoms with Crippen LogP contribution in [0.25, 0.3) is 0 Å². The maximum Gasteiger partial charge on any atom is 0.341 e. The van der Waals surface area contributed by atoms with Crippen molar-refractivity contribution in [3.8, 4) is 0 Å². The highest BCUT2D eigenvalue weighted by molar-refractivity contribution is 5.87. The SMILES string of the molecule is C=CCn1c(C)ccc(C(=O)O)c1=O. The highest BCUT2D eigenvalue weighted by Crippen LogP contribution is 1.98. The van der Waals surface area contributed by atoms with Crippen molar-refractivity contribution in [2.75, 3.05) is 0 Å². The van der Waals surface area contributed by atoms with E-state index in [9.17, 15) is 9.59 Å². The van der Waals surface area contributed by atoms with Gasteiger partial charge in [-0.2, -0.15) is 0 Å². The lowest BCUT2D eigenvalue weighted by Crippen LogP contribution is -2.27. The maximum atomic E-state index is 11.6. The van der Waals surface area contributed by atoms with Crippen LogP contribution in [0, 0.1) is 6.92 Å². The Morgan fingerprint density at radius 2 is 2.29 bits per heavy atom. The molecule has 4 heteroatoms. The molecule has 0 amide bonds. The van der Waals surface area contributed by atoms with E-state index in [0.717, 1.165) is 5.69 Å². The summed E-state index contributed by atoms with van der Waals surface area (Å²) in [5.74, 6) is -1.20. The van der Waals surface area contributed by atoms with Crippen LogP contribution in [0.4, 0.5) is 0 Å². The lowest BCUT2D eigenvalue weighted by Gasteiger charge is -2.07. The third kappa shape index (κ3) is 1.74. The van der Waals surface area contributed by atoms with E-state index in [4.69, 9.17) is 5.11 Å². The molecule has 0 saturated heterocycles. The van der Waals surface area contributed by atoms with Crippen LogP contribution in [0.5, 0.6) is 0 Å². The first-order valence-corrected chi connectivity index (χ1v) is 4.12. The predicted molar refractivity (Wildman–Crippen MR) is 52.6 cm³/mol. The zero-order valence-electron chi connectivity index (χ0n) is 7.86. The van der Waals surface area contributed by atoms with Gasteiger partial charge in [-0.25, -0.2) is 4.79 Å². The van der Waals surface area contributed by atoms with E-state index < -0.39 is 11.5 Å². The Morgan fingerprint density at radius 1 is 1.64 bits per heavy atom. The van der Waals surface area contributed by atoms with Gasteiger partial charge in [0.05, 0.1) is 0 Å². The smallest absolute Gasteiger partial charge is 0.341 e. The molecule has 4 nitrogen and oxygen atoms in total. The molecule has 74 valence electrons. The maximum absolute atomic E-state index is 11.6. The van der Waals surface area contributed by atoms with Gasteiger partial charge >= 0.3 is 5.97 Å². The number of pyridine rings is 1. The molecule has 1 aromatic heterocycles. The van der Waals surface area contributed by atoms with E-state index in [2.05, 4.69) is 6.58 Å². The van der Waals surface area contributed by atoms with Gasteiger partial charge in [-0.05, 0) is 19.1 Å². The summed E-state index contributed by atoms with van der Waals surface area (Å²) in [4.78, 5) is 22.2. The van der Waals surface area contributed by atoms with Crippen LogP contribution in [0.15, 0.2) is 29.6 Å². The number of allylic oxidation sites excluding steroid dienone is 1. The van der Waals surface area contributed by atoms with Crippen molar-refractivity contribution >= 4 is 5.97 Å². The molecular formula is C10H11NO3. The lowest BCUT2D eigenvalue weighted by atomic mass is 10.2. The topological polar surface area (TPSA) is 59.3 Å². The van der Waals surface area contributed by atoms with Gasteiger partial charge in [0.25, 0.3) is 5.56 Å². The zero-order chi connectivity index (χ0) is 10.7. The van der Waals surface area contributed by atoms with Gasteiger partial charge < -0.3 is 9.67 Å². The third-order valence-corrected chi connectivity index (χ3v) is 1.93. The first-order valence-electron chi connectivity index (χ1n) is 4.12. The molecule has 1 aromatic rings. The predicted octanol–water partition coefficient (Wildman–Crippen LogP) is 1.04. The zero-order valence-corrected chi connectivity index (χ0v) is 7.86. The van der Waals surface area contributed by atoms with Crippen molar-refractivity contribution in [3.05, 3.63) is 46.4 Å². The minimum absolute atomic E-state index is 0.211. The van der Waals surface area contributed by atoms with Gasteiger partial charge in [-0.3, -0.25) is 4.79 Å². The van der Waals surface area contributed by atoms with Crippen molar-refractivity contribution in [1.82, 2.24) is 4.57 Å². The number of carboxylic acid groups (broad SMARTS) is 1. The van der Waals surface area contributed by atoms with Crippen LogP contribution in [-0.4, -0.2) is 15.6 Å². The Bertz CT molecular complexity index is 431. The first-order chi connectivity index (χ1) is 6.57. The summed E-state index contributed by atoms with van der Waals surface area (Å²) in [6.07, 6.45) is 1.56. The van der Waals surface area contributed by atoms with E-state index in [1.807, 2.05) is 0 Å². The molecule has 0 atom stereocenters. The summed E-state index contributed by atoms with van der Waals surface area (Å²) in [5.41, 5.74) is 0.0229. The molecule has 0 bridgehead atoms. The molecule has 0 aliphatic heterocycles. The van der Waals surface area contributed by atoms with Crippen LogP contribution in [-0.2, 0) is 6.54 Å². The summed E-state index contributed by atoms with van der Waals surface area (Å²) < 4.78 is 1.37. The number of nitrogens with zero attached hydrogens (tertiary/aromatic N) is 1. The third-order valence-electron chi connectivity index (χ3n) is 1.93. The Hall–Kier alpha value is -1.84. The summed E-state index contributed by atoms with van der Waals surface area (Å²) in [7, 11) is 0. The quantitative estimate of drug-likeness (QED) is 0.729. The summed E-state index contributed by atoms with van der Waals surface area (Å²) >= 11 is 0. The highest BCUT2D eigenvalue weighted by Gasteiger charge is 2.10. The van der Waals surface area contributed by atoms with E-state index in [0.29, 0.717) is 6.54 Å². The first kappa shape index (κ1) is 10.2. The minimum atomic E-state index is -1.20. The number of carboxylic acids is 1. The fraction of sp³-hybridized carbons (Fsp3) is 0.200. The fourth-order valence-electron chi connectivity index (χ4n) is 1.19. The summed E-state index contributed by atoms with van der Waals surface area (Å²) in [6, 6.07) is 2.92. The molecule has 1 heterocycles. The average Bonchev–Trinajstić information content (AvgIpc) is 2.11. The van der Waals surface area contributed by atoms with E-state index >= 15 is 0 Å². The van der Waals surface area contributed by atoms with Crippen molar-refractivity contribution in [2.45, 2.75) is 13.5 Å². The number of carbonyl (C=O) groups is 1. The lowest BCUT2D eigenvalue weighted by molar-refractivity contribution is 0.0694. The van der Waals surface area contributed by atoms with Crippen LogP contribution in [0.2, 0.25) is 0 Å². The molecule has 1 N–H and O–H groups in total. The van der Waals surface area contributed by atoms with Gasteiger partial charge in [0, 0.05) is 12.2 Å².